The summed E-state index contributed by atoms with van der Waals surface area (Å²) in [5.41, 5.74) is 0. The maximum absolute atomic E-state index is 9.33. The molecule has 3 heteroatoms. The van der Waals surface area contributed by atoms with Crippen LogP contribution in [0.15, 0.2) is 12.3 Å². The van der Waals surface area contributed by atoms with Crippen LogP contribution in [0, 0.1) is 0 Å². The van der Waals surface area contributed by atoms with Crippen LogP contribution in [-0.2, 0) is 4.79 Å². The maximum atomic E-state index is 9.33. The standard InChI is InChI=1S/C3H6O.CH2O.Na/c1-3(2)4;1-2;/h4H,1H2,2H3;1H2;/q;;+1/p-1. The summed E-state index contributed by atoms with van der Waals surface area (Å²) in [6.45, 7) is 6.42. The Bertz CT molecular complexity index is 41.0. The van der Waals surface area contributed by atoms with Crippen LogP contribution in [-0.4, -0.2) is 6.79 Å². The van der Waals surface area contributed by atoms with Crippen molar-refractivity contribution in [3.8, 4) is 0 Å². The van der Waals surface area contributed by atoms with E-state index in [0.29, 0.717) is 0 Å². The smallest absolute Gasteiger partial charge is 0.876 e. The van der Waals surface area contributed by atoms with Gasteiger partial charge in [-0.2, -0.15) is 0 Å². The first-order valence-electron chi connectivity index (χ1n) is 1.35. The Labute approximate surface area is 65.5 Å². The Morgan fingerprint density at radius 1 is 1.57 bits per heavy atom. The zero-order valence-corrected chi connectivity index (χ0v) is 6.73. The van der Waals surface area contributed by atoms with Crippen molar-refractivity contribution >= 4 is 6.79 Å². The topological polar surface area (TPSA) is 40.1 Å². The van der Waals surface area contributed by atoms with Crippen molar-refractivity contribution < 1.29 is 39.5 Å². The van der Waals surface area contributed by atoms with Crippen LogP contribution < -0.4 is 34.7 Å². The summed E-state index contributed by atoms with van der Waals surface area (Å²) < 4.78 is 0. The summed E-state index contributed by atoms with van der Waals surface area (Å²) >= 11 is 0. The maximum Gasteiger partial charge on any atom is 1.00 e. The van der Waals surface area contributed by atoms with Gasteiger partial charge in [0.2, 0.25) is 0 Å². The van der Waals surface area contributed by atoms with E-state index in [9.17, 15) is 5.11 Å². The molecule has 36 valence electrons. The number of carbonyl (C=O) groups is 1. The van der Waals surface area contributed by atoms with Gasteiger partial charge in [0.15, 0.2) is 0 Å². The number of hydrogen-bond donors (Lipinski definition) is 0. The summed E-state index contributed by atoms with van der Waals surface area (Å²) in [4.78, 5) is 8.00. The van der Waals surface area contributed by atoms with Gasteiger partial charge in [-0.05, 0) is 0 Å². The normalized spacial score (nSPS) is 4.14. The molecule has 2 nitrogen and oxygen atoms in total. The van der Waals surface area contributed by atoms with Gasteiger partial charge in [-0.3, -0.25) is 0 Å². The first-order valence-corrected chi connectivity index (χ1v) is 1.35. The van der Waals surface area contributed by atoms with E-state index in [2.05, 4.69) is 6.58 Å². The molecule has 0 amide bonds. The molecule has 0 aliphatic rings. The fourth-order valence-corrected chi connectivity index (χ4v) is 0. The third kappa shape index (κ3) is 2500. The van der Waals surface area contributed by atoms with E-state index in [1.165, 1.54) is 6.92 Å². The second kappa shape index (κ2) is 16.4. The Hall–Kier alpha value is 0.210. The van der Waals surface area contributed by atoms with Crippen molar-refractivity contribution in [3.63, 3.8) is 0 Å². The summed E-state index contributed by atoms with van der Waals surface area (Å²) in [6, 6.07) is 0. The van der Waals surface area contributed by atoms with Crippen molar-refractivity contribution in [1.29, 1.82) is 0 Å². The van der Waals surface area contributed by atoms with E-state index in [4.69, 9.17) is 4.79 Å². The monoisotopic (exact) mass is 110 g/mol. The predicted molar refractivity (Wildman–Crippen MR) is 21.9 cm³/mol. The van der Waals surface area contributed by atoms with Crippen molar-refractivity contribution in [3.05, 3.63) is 12.3 Å². The summed E-state index contributed by atoms with van der Waals surface area (Å²) in [7, 11) is 0. The minimum atomic E-state index is -0.0833. The molecule has 0 aromatic carbocycles. The van der Waals surface area contributed by atoms with Gasteiger partial charge in [-0.25, -0.2) is 0 Å². The predicted octanol–water partition coefficient (Wildman–Crippen LogP) is -3.30. The van der Waals surface area contributed by atoms with Crippen molar-refractivity contribution in [2.75, 3.05) is 0 Å². The molecule has 0 saturated carbocycles. The SMILES string of the molecule is C=C(C)[O-].C=O.[Na+]. The molecule has 0 bridgehead atoms. The minimum absolute atomic E-state index is 0. The third-order valence-electron chi connectivity index (χ3n) is 0. The molecule has 0 rings (SSSR count). The third-order valence-corrected chi connectivity index (χ3v) is 0. The molecule has 0 fully saturated rings. The fourth-order valence-electron chi connectivity index (χ4n) is 0. The number of allylic oxidation sites excluding steroid dienone is 1. The van der Waals surface area contributed by atoms with Gasteiger partial charge >= 0.3 is 29.6 Å². The molecule has 0 saturated heterocycles. The first kappa shape index (κ1) is 15.7. The molecule has 0 heterocycles. The second-order valence-corrected chi connectivity index (χ2v) is 0.702. The molecule has 0 N–H and O–H groups in total. The van der Waals surface area contributed by atoms with E-state index in [0.717, 1.165) is 0 Å². The molecule has 0 aromatic rings. The number of carbonyl (C=O) groups excluding carboxylic acids is 1. The number of hydrogen-bond acceptors (Lipinski definition) is 2. The molecular weight excluding hydrogens is 103 g/mol. The molecule has 7 heavy (non-hydrogen) atoms. The molecular formula is C4H7NaO2. The molecule has 0 radical (unpaired) electrons. The fraction of sp³-hybridized carbons (Fsp3) is 0.250. The van der Waals surface area contributed by atoms with Gasteiger partial charge in [0.05, 0.1) is 0 Å². The van der Waals surface area contributed by atoms with Crippen LogP contribution in [0.4, 0.5) is 0 Å². The van der Waals surface area contributed by atoms with Crippen LogP contribution in [0.25, 0.3) is 0 Å². The average Bonchev–Trinajstić information content (AvgIpc) is 1.41. The Kier molecular flexibility index (Phi) is 36.7. The Morgan fingerprint density at radius 2 is 1.57 bits per heavy atom. The molecule has 0 aliphatic carbocycles. The number of rotatable bonds is 0. The van der Waals surface area contributed by atoms with Crippen LogP contribution in [0.2, 0.25) is 0 Å². The average molecular weight is 110 g/mol. The molecule has 0 unspecified atom stereocenters. The first-order chi connectivity index (χ1) is 2.73. The van der Waals surface area contributed by atoms with E-state index in [1.807, 2.05) is 6.79 Å². The molecule has 0 spiro atoms. The van der Waals surface area contributed by atoms with Crippen LogP contribution in [0.3, 0.4) is 0 Å². The minimum Gasteiger partial charge on any atom is -0.876 e. The van der Waals surface area contributed by atoms with Gasteiger partial charge in [-0.15, -0.1) is 12.3 Å². The van der Waals surface area contributed by atoms with Crippen LogP contribution in [0.5, 0.6) is 0 Å². The zero-order chi connectivity index (χ0) is 5.58. The van der Waals surface area contributed by atoms with Crippen LogP contribution >= 0.6 is 0 Å². The second-order valence-electron chi connectivity index (χ2n) is 0.702. The van der Waals surface area contributed by atoms with Gasteiger partial charge < -0.3 is 9.90 Å². The van der Waals surface area contributed by atoms with Gasteiger partial charge in [-0.1, -0.05) is 6.92 Å². The summed E-state index contributed by atoms with van der Waals surface area (Å²) in [6.07, 6.45) is 0. The molecule has 0 atom stereocenters. The molecule has 0 aromatic heterocycles. The van der Waals surface area contributed by atoms with Crippen molar-refractivity contribution in [2.45, 2.75) is 6.92 Å². The Balaban J connectivity index is -0.0000000480. The summed E-state index contributed by atoms with van der Waals surface area (Å²) in [5.74, 6) is -0.0833. The van der Waals surface area contributed by atoms with E-state index >= 15 is 0 Å². The van der Waals surface area contributed by atoms with Gasteiger partial charge in [0.1, 0.15) is 6.79 Å². The van der Waals surface area contributed by atoms with Gasteiger partial charge in [0.25, 0.3) is 0 Å². The zero-order valence-electron chi connectivity index (χ0n) is 4.73. The summed E-state index contributed by atoms with van der Waals surface area (Å²) in [5, 5.41) is 9.33. The largest absolute Gasteiger partial charge is 1.00 e. The molecule has 0 aliphatic heterocycles. The van der Waals surface area contributed by atoms with Crippen molar-refractivity contribution in [2.24, 2.45) is 0 Å². The quantitative estimate of drug-likeness (QED) is 0.242. The Morgan fingerprint density at radius 3 is 1.57 bits per heavy atom. The van der Waals surface area contributed by atoms with E-state index in [-0.39, 0.29) is 35.3 Å². The van der Waals surface area contributed by atoms with E-state index in [1.54, 1.807) is 0 Å². The van der Waals surface area contributed by atoms with Crippen LogP contribution in [0.1, 0.15) is 6.92 Å². The van der Waals surface area contributed by atoms with Gasteiger partial charge in [0, 0.05) is 0 Å². The van der Waals surface area contributed by atoms with E-state index < -0.39 is 0 Å². The van der Waals surface area contributed by atoms with Crippen molar-refractivity contribution in [1.82, 2.24) is 0 Å².